The third-order valence-corrected chi connectivity index (χ3v) is 3.79. The summed E-state index contributed by atoms with van der Waals surface area (Å²) in [5.41, 5.74) is 5.78. The number of ether oxygens (including phenoxy) is 1. The van der Waals surface area contributed by atoms with E-state index in [1.54, 1.807) is 0 Å². The van der Waals surface area contributed by atoms with Crippen molar-refractivity contribution in [3.8, 4) is 0 Å². The van der Waals surface area contributed by atoms with Crippen molar-refractivity contribution in [2.24, 2.45) is 11.7 Å². The molecule has 2 heterocycles. The number of nitrogens with zero attached hydrogens (tertiary/aromatic N) is 1. The van der Waals surface area contributed by atoms with E-state index in [0.717, 1.165) is 32.4 Å². The highest BCUT2D eigenvalue weighted by Gasteiger charge is 2.37. The summed E-state index contributed by atoms with van der Waals surface area (Å²) in [6, 6.07) is 0.0618. The Bertz CT molecular complexity index is 317. The van der Waals surface area contributed by atoms with Gasteiger partial charge in [0.25, 0.3) is 0 Å². The van der Waals surface area contributed by atoms with E-state index in [1.807, 2.05) is 17.1 Å². The first-order valence-corrected chi connectivity index (χ1v) is 6.10. The Labute approximate surface area is 95.4 Å². The van der Waals surface area contributed by atoms with E-state index in [4.69, 9.17) is 10.5 Å². The average molecular weight is 222 g/mol. The van der Waals surface area contributed by atoms with Crippen LogP contribution in [0.3, 0.4) is 0 Å². The maximum atomic E-state index is 12.2. The Kier molecular flexibility index (Phi) is 2.48. The number of carbonyl (C=O) groups excluding carboxylic acids is 1. The van der Waals surface area contributed by atoms with Crippen molar-refractivity contribution in [2.75, 3.05) is 13.1 Å². The van der Waals surface area contributed by atoms with E-state index in [2.05, 4.69) is 0 Å². The lowest BCUT2D eigenvalue weighted by Gasteiger charge is -2.33. The summed E-state index contributed by atoms with van der Waals surface area (Å²) in [7, 11) is 0. The van der Waals surface area contributed by atoms with Gasteiger partial charge in [-0.2, -0.15) is 0 Å². The van der Waals surface area contributed by atoms with Crippen LogP contribution in [-0.2, 0) is 9.53 Å². The first-order chi connectivity index (χ1) is 7.72. The fourth-order valence-corrected chi connectivity index (χ4v) is 2.94. The zero-order valence-corrected chi connectivity index (χ0v) is 9.34. The molecule has 16 heavy (non-hydrogen) atoms. The second-order valence-corrected chi connectivity index (χ2v) is 5.09. The Balaban J connectivity index is 1.65. The highest BCUT2D eigenvalue weighted by Crippen LogP contribution is 2.28. The number of carbonyl (C=O) groups is 1. The largest absolute Gasteiger partial charge is 0.371 e. The zero-order valence-electron chi connectivity index (χ0n) is 9.34. The number of likely N-dealkylation sites (tertiary alicyclic amines) is 1. The predicted molar refractivity (Wildman–Crippen MR) is 59.7 cm³/mol. The Morgan fingerprint density at radius 1 is 1.25 bits per heavy atom. The standard InChI is InChI=1S/C12H18N2O2/c13-9-2-1-8(5-9)12(15)14-6-10-3-4-11(7-14)16-10/h1-2,8-11H,3-7,13H2. The fourth-order valence-electron chi connectivity index (χ4n) is 2.94. The molecular weight excluding hydrogens is 204 g/mol. The number of hydrogen-bond acceptors (Lipinski definition) is 3. The van der Waals surface area contributed by atoms with Crippen LogP contribution in [0.5, 0.6) is 0 Å². The Morgan fingerprint density at radius 2 is 1.94 bits per heavy atom. The summed E-state index contributed by atoms with van der Waals surface area (Å²) in [5, 5.41) is 0. The molecule has 0 aromatic carbocycles. The molecule has 2 N–H and O–H groups in total. The van der Waals surface area contributed by atoms with Crippen LogP contribution in [0, 0.1) is 5.92 Å². The van der Waals surface area contributed by atoms with Gasteiger partial charge in [0.15, 0.2) is 0 Å². The van der Waals surface area contributed by atoms with Gasteiger partial charge in [0.2, 0.25) is 5.91 Å². The molecular formula is C12H18N2O2. The van der Waals surface area contributed by atoms with Crippen molar-refractivity contribution in [3.05, 3.63) is 12.2 Å². The summed E-state index contributed by atoms with van der Waals surface area (Å²) in [6.45, 7) is 1.55. The van der Waals surface area contributed by atoms with Crippen molar-refractivity contribution >= 4 is 5.91 Å². The van der Waals surface area contributed by atoms with Gasteiger partial charge in [0, 0.05) is 19.1 Å². The second-order valence-electron chi connectivity index (χ2n) is 5.09. The van der Waals surface area contributed by atoms with Crippen LogP contribution in [0.4, 0.5) is 0 Å². The summed E-state index contributed by atoms with van der Waals surface area (Å²) in [6.07, 6.45) is 7.44. The number of fused-ring (bicyclic) bond motifs is 2. The van der Waals surface area contributed by atoms with Crippen LogP contribution < -0.4 is 5.73 Å². The molecule has 2 saturated heterocycles. The highest BCUT2D eigenvalue weighted by molar-refractivity contribution is 5.81. The molecule has 2 fully saturated rings. The molecule has 3 rings (SSSR count). The molecule has 2 aliphatic heterocycles. The number of morpholine rings is 1. The summed E-state index contributed by atoms with van der Waals surface area (Å²) < 4.78 is 5.72. The van der Waals surface area contributed by atoms with Crippen molar-refractivity contribution in [3.63, 3.8) is 0 Å². The Hall–Kier alpha value is -0.870. The minimum atomic E-state index is 0.00694. The van der Waals surface area contributed by atoms with Gasteiger partial charge in [-0.05, 0) is 19.3 Å². The third-order valence-electron chi connectivity index (χ3n) is 3.79. The van der Waals surface area contributed by atoms with Crippen molar-refractivity contribution in [2.45, 2.75) is 37.5 Å². The summed E-state index contributed by atoms with van der Waals surface area (Å²) in [5.74, 6) is 0.247. The van der Waals surface area contributed by atoms with E-state index >= 15 is 0 Å². The smallest absolute Gasteiger partial charge is 0.229 e. The minimum Gasteiger partial charge on any atom is -0.371 e. The van der Waals surface area contributed by atoms with E-state index in [-0.39, 0.29) is 30.1 Å². The van der Waals surface area contributed by atoms with E-state index in [0.29, 0.717) is 0 Å². The van der Waals surface area contributed by atoms with Gasteiger partial charge < -0.3 is 15.4 Å². The van der Waals surface area contributed by atoms with Gasteiger partial charge in [-0.25, -0.2) is 0 Å². The molecule has 0 saturated carbocycles. The number of nitrogens with two attached hydrogens (primary N) is 1. The molecule has 4 heteroatoms. The molecule has 88 valence electrons. The van der Waals surface area contributed by atoms with Crippen molar-refractivity contribution < 1.29 is 9.53 Å². The molecule has 0 aromatic rings. The van der Waals surface area contributed by atoms with Crippen LogP contribution >= 0.6 is 0 Å². The SMILES string of the molecule is NC1C=CC(C(=O)N2CC3CCC(C2)O3)C1. The van der Waals surface area contributed by atoms with Gasteiger partial charge in [-0.1, -0.05) is 12.2 Å². The van der Waals surface area contributed by atoms with Crippen LogP contribution in [0.2, 0.25) is 0 Å². The predicted octanol–water partition coefficient (Wildman–Crippen LogP) is 0.280. The molecule has 0 aromatic heterocycles. The maximum absolute atomic E-state index is 12.2. The maximum Gasteiger partial charge on any atom is 0.229 e. The molecule has 3 aliphatic rings. The van der Waals surface area contributed by atoms with Gasteiger partial charge >= 0.3 is 0 Å². The van der Waals surface area contributed by atoms with E-state index in [1.165, 1.54) is 0 Å². The monoisotopic (exact) mass is 222 g/mol. The van der Waals surface area contributed by atoms with Crippen LogP contribution in [0.15, 0.2) is 12.2 Å². The average Bonchev–Trinajstić information content (AvgIpc) is 2.84. The second kappa shape index (κ2) is 3.86. The molecule has 4 unspecified atom stereocenters. The van der Waals surface area contributed by atoms with Gasteiger partial charge in [0.1, 0.15) is 0 Å². The summed E-state index contributed by atoms with van der Waals surface area (Å²) in [4.78, 5) is 14.2. The first kappa shape index (κ1) is 10.3. The lowest BCUT2D eigenvalue weighted by Crippen LogP contribution is -2.47. The molecule has 4 nitrogen and oxygen atoms in total. The minimum absolute atomic E-state index is 0.00694. The lowest BCUT2D eigenvalue weighted by molar-refractivity contribution is -0.142. The van der Waals surface area contributed by atoms with Gasteiger partial charge in [0.05, 0.1) is 18.1 Å². The van der Waals surface area contributed by atoms with Gasteiger partial charge in [-0.15, -0.1) is 0 Å². The molecule has 2 bridgehead atoms. The van der Waals surface area contributed by atoms with Crippen LogP contribution in [-0.4, -0.2) is 42.1 Å². The molecule has 0 radical (unpaired) electrons. The number of amides is 1. The zero-order chi connectivity index (χ0) is 11.1. The van der Waals surface area contributed by atoms with Crippen LogP contribution in [0.1, 0.15) is 19.3 Å². The Morgan fingerprint density at radius 3 is 2.50 bits per heavy atom. The normalized spacial score (nSPS) is 41.7. The molecule has 1 aliphatic carbocycles. The number of rotatable bonds is 1. The van der Waals surface area contributed by atoms with Crippen molar-refractivity contribution in [1.29, 1.82) is 0 Å². The molecule has 1 amide bonds. The number of hydrogen-bond donors (Lipinski definition) is 1. The first-order valence-electron chi connectivity index (χ1n) is 6.10. The lowest BCUT2D eigenvalue weighted by atomic mass is 10.1. The highest BCUT2D eigenvalue weighted by atomic mass is 16.5. The van der Waals surface area contributed by atoms with Crippen molar-refractivity contribution in [1.82, 2.24) is 4.90 Å². The third kappa shape index (κ3) is 1.76. The van der Waals surface area contributed by atoms with Gasteiger partial charge in [-0.3, -0.25) is 4.79 Å². The molecule has 0 spiro atoms. The quantitative estimate of drug-likeness (QED) is 0.648. The van der Waals surface area contributed by atoms with E-state index < -0.39 is 0 Å². The fraction of sp³-hybridized carbons (Fsp3) is 0.750. The van der Waals surface area contributed by atoms with E-state index in [9.17, 15) is 4.79 Å². The summed E-state index contributed by atoms with van der Waals surface area (Å²) >= 11 is 0. The van der Waals surface area contributed by atoms with Crippen LogP contribution in [0.25, 0.3) is 0 Å². The topological polar surface area (TPSA) is 55.6 Å². The molecule has 4 atom stereocenters.